The van der Waals surface area contributed by atoms with E-state index in [1.165, 1.54) is 12.4 Å². The Kier molecular flexibility index (Phi) is 5.91. The van der Waals surface area contributed by atoms with E-state index in [-0.39, 0.29) is 11.8 Å². The number of rotatable bonds is 7. The summed E-state index contributed by atoms with van der Waals surface area (Å²) < 4.78 is 5.44. The minimum Gasteiger partial charge on any atom is -0.496 e. The molecule has 0 aromatic heterocycles. The summed E-state index contributed by atoms with van der Waals surface area (Å²) in [6.45, 7) is 0.658. The molecule has 1 unspecified atom stereocenters. The number of nitrogens with zero attached hydrogens (tertiary/aromatic N) is 1. The number of methoxy groups -OCH3 is 1. The number of amides is 1. The standard InChI is InChI=1S/C21H22ClN3O2/c1-27-20-11-18(5-6-19(20)16(12-23)13-24)25-8-7-15(21(25)26)9-14-3-2-4-17(22)10-14/h2-6,10-13,15-16,23-24H,7-9H2,1H3. The lowest BCUT2D eigenvalue weighted by atomic mass is 9.98. The van der Waals surface area contributed by atoms with Crippen molar-refractivity contribution in [1.29, 1.82) is 10.8 Å². The van der Waals surface area contributed by atoms with Crippen LogP contribution in [0.3, 0.4) is 0 Å². The normalized spacial score (nSPS) is 17.6. The maximum atomic E-state index is 12.9. The highest BCUT2D eigenvalue weighted by Gasteiger charge is 2.33. The molecule has 1 atom stereocenters. The molecule has 1 amide bonds. The summed E-state index contributed by atoms with van der Waals surface area (Å²) in [7, 11) is 1.56. The molecule has 2 aromatic carbocycles. The van der Waals surface area contributed by atoms with E-state index < -0.39 is 5.92 Å². The predicted octanol–water partition coefficient (Wildman–Crippen LogP) is 4.33. The summed E-state index contributed by atoms with van der Waals surface area (Å²) >= 11 is 6.05. The Morgan fingerprint density at radius 3 is 2.70 bits per heavy atom. The molecule has 1 aliphatic heterocycles. The maximum absolute atomic E-state index is 12.9. The van der Waals surface area contributed by atoms with Gasteiger partial charge in [0, 0.05) is 47.2 Å². The molecule has 0 spiro atoms. The van der Waals surface area contributed by atoms with Gasteiger partial charge in [0.25, 0.3) is 0 Å². The fourth-order valence-electron chi connectivity index (χ4n) is 3.50. The van der Waals surface area contributed by atoms with Crippen molar-refractivity contribution in [3.63, 3.8) is 0 Å². The van der Waals surface area contributed by atoms with Crippen LogP contribution >= 0.6 is 11.6 Å². The zero-order chi connectivity index (χ0) is 19.4. The minimum atomic E-state index is -0.432. The van der Waals surface area contributed by atoms with Crippen molar-refractivity contribution in [3.8, 4) is 5.75 Å². The number of hydrogen-bond donors (Lipinski definition) is 2. The summed E-state index contributed by atoms with van der Waals surface area (Å²) in [6, 6.07) is 13.1. The zero-order valence-corrected chi connectivity index (χ0v) is 15.9. The van der Waals surface area contributed by atoms with E-state index in [0.29, 0.717) is 23.7 Å². The van der Waals surface area contributed by atoms with Gasteiger partial charge in [-0.05, 0) is 36.6 Å². The van der Waals surface area contributed by atoms with Gasteiger partial charge in [0.2, 0.25) is 5.91 Å². The van der Waals surface area contributed by atoms with Crippen LogP contribution in [-0.2, 0) is 11.2 Å². The van der Waals surface area contributed by atoms with Crippen molar-refractivity contribution in [2.45, 2.75) is 18.8 Å². The van der Waals surface area contributed by atoms with Crippen LogP contribution in [0.25, 0.3) is 0 Å². The number of halogens is 1. The molecule has 2 aromatic rings. The van der Waals surface area contributed by atoms with E-state index in [1.807, 2.05) is 42.5 Å². The lowest BCUT2D eigenvalue weighted by Gasteiger charge is -2.20. The fourth-order valence-corrected chi connectivity index (χ4v) is 3.72. The first-order valence-corrected chi connectivity index (χ1v) is 9.20. The van der Waals surface area contributed by atoms with Crippen LogP contribution in [0.1, 0.15) is 23.5 Å². The van der Waals surface area contributed by atoms with Crippen LogP contribution in [0.15, 0.2) is 42.5 Å². The Morgan fingerprint density at radius 2 is 2.04 bits per heavy atom. The molecule has 6 heteroatoms. The topological polar surface area (TPSA) is 77.2 Å². The van der Waals surface area contributed by atoms with Gasteiger partial charge in [-0.3, -0.25) is 4.79 Å². The Morgan fingerprint density at radius 1 is 1.26 bits per heavy atom. The van der Waals surface area contributed by atoms with Gasteiger partial charge in [-0.2, -0.15) is 0 Å². The minimum absolute atomic E-state index is 0.0648. The summed E-state index contributed by atoms with van der Waals surface area (Å²) in [6.07, 6.45) is 3.87. The summed E-state index contributed by atoms with van der Waals surface area (Å²) in [5.41, 5.74) is 2.59. The molecule has 27 heavy (non-hydrogen) atoms. The van der Waals surface area contributed by atoms with Gasteiger partial charge >= 0.3 is 0 Å². The predicted molar refractivity (Wildman–Crippen MR) is 109 cm³/mol. The molecule has 5 nitrogen and oxygen atoms in total. The van der Waals surface area contributed by atoms with Crippen molar-refractivity contribution in [2.75, 3.05) is 18.6 Å². The second-order valence-electron chi connectivity index (χ2n) is 6.59. The van der Waals surface area contributed by atoms with Gasteiger partial charge < -0.3 is 20.5 Å². The molecule has 3 rings (SSSR count). The number of carbonyl (C=O) groups is 1. The van der Waals surface area contributed by atoms with Gasteiger partial charge in [0.1, 0.15) is 5.75 Å². The summed E-state index contributed by atoms with van der Waals surface area (Å²) in [4.78, 5) is 14.7. The lowest BCUT2D eigenvalue weighted by molar-refractivity contribution is -0.120. The second kappa shape index (κ2) is 8.35. The number of hydrogen-bond acceptors (Lipinski definition) is 4. The zero-order valence-electron chi connectivity index (χ0n) is 15.1. The van der Waals surface area contributed by atoms with Crippen molar-refractivity contribution in [1.82, 2.24) is 0 Å². The fraction of sp³-hybridized carbons (Fsp3) is 0.286. The average Bonchev–Trinajstić information content (AvgIpc) is 3.03. The van der Waals surface area contributed by atoms with E-state index >= 15 is 0 Å². The molecule has 0 saturated carbocycles. The third kappa shape index (κ3) is 4.03. The van der Waals surface area contributed by atoms with Gasteiger partial charge in [-0.15, -0.1) is 0 Å². The van der Waals surface area contributed by atoms with E-state index in [0.717, 1.165) is 23.2 Å². The number of benzene rings is 2. The number of nitrogens with one attached hydrogen (secondary N) is 2. The molecule has 1 aliphatic rings. The Bertz CT molecular complexity index is 860. The third-order valence-corrected chi connectivity index (χ3v) is 5.17. The highest BCUT2D eigenvalue weighted by Crippen LogP contribution is 2.33. The van der Waals surface area contributed by atoms with Crippen molar-refractivity contribution in [2.24, 2.45) is 5.92 Å². The highest BCUT2D eigenvalue weighted by molar-refractivity contribution is 6.30. The molecule has 2 N–H and O–H groups in total. The molecule has 1 saturated heterocycles. The molecular formula is C21H22ClN3O2. The van der Waals surface area contributed by atoms with Crippen molar-refractivity contribution in [3.05, 3.63) is 58.6 Å². The van der Waals surface area contributed by atoms with Gasteiger partial charge in [-0.25, -0.2) is 0 Å². The van der Waals surface area contributed by atoms with Crippen molar-refractivity contribution >= 4 is 35.6 Å². The molecule has 140 valence electrons. The molecular weight excluding hydrogens is 362 g/mol. The largest absolute Gasteiger partial charge is 0.496 e. The smallest absolute Gasteiger partial charge is 0.230 e. The molecule has 1 heterocycles. The van der Waals surface area contributed by atoms with Crippen molar-refractivity contribution < 1.29 is 9.53 Å². The van der Waals surface area contributed by atoms with Crippen LogP contribution in [0.4, 0.5) is 5.69 Å². The Balaban J connectivity index is 1.80. The second-order valence-corrected chi connectivity index (χ2v) is 7.03. The highest BCUT2D eigenvalue weighted by atomic mass is 35.5. The molecule has 0 aliphatic carbocycles. The van der Waals surface area contributed by atoms with Crippen LogP contribution in [0.5, 0.6) is 5.75 Å². The number of anilines is 1. The van der Waals surface area contributed by atoms with Gasteiger partial charge in [-0.1, -0.05) is 29.8 Å². The number of carbonyl (C=O) groups excluding carboxylic acids is 1. The van der Waals surface area contributed by atoms with E-state index in [4.69, 9.17) is 27.2 Å². The monoisotopic (exact) mass is 383 g/mol. The van der Waals surface area contributed by atoms with Crippen LogP contribution in [0.2, 0.25) is 5.02 Å². The van der Waals surface area contributed by atoms with Gasteiger partial charge in [0.15, 0.2) is 0 Å². The van der Waals surface area contributed by atoms with E-state index in [9.17, 15) is 4.79 Å². The summed E-state index contributed by atoms with van der Waals surface area (Å²) in [5.74, 6) is 0.180. The Hall–Kier alpha value is -2.66. The first-order chi connectivity index (χ1) is 13.1. The van der Waals surface area contributed by atoms with E-state index in [2.05, 4.69) is 0 Å². The number of ether oxygens (including phenoxy) is 1. The first-order valence-electron chi connectivity index (χ1n) is 8.82. The maximum Gasteiger partial charge on any atom is 0.230 e. The third-order valence-electron chi connectivity index (χ3n) is 4.93. The lowest BCUT2D eigenvalue weighted by Crippen LogP contribution is -2.27. The van der Waals surface area contributed by atoms with Gasteiger partial charge in [0.05, 0.1) is 13.0 Å². The quantitative estimate of drug-likeness (QED) is 0.698. The molecule has 0 bridgehead atoms. The molecule has 1 fully saturated rings. The first kappa shape index (κ1) is 19.1. The average molecular weight is 384 g/mol. The van der Waals surface area contributed by atoms with Crippen LogP contribution in [0, 0.1) is 16.7 Å². The van der Waals surface area contributed by atoms with Crippen LogP contribution < -0.4 is 9.64 Å². The van der Waals surface area contributed by atoms with Crippen LogP contribution in [-0.4, -0.2) is 32.0 Å². The summed E-state index contributed by atoms with van der Waals surface area (Å²) in [5, 5.41) is 15.6. The Labute approximate surface area is 163 Å². The SMILES string of the molecule is COc1cc(N2CCC(Cc3cccc(Cl)c3)C2=O)ccc1C(C=N)C=N. The molecule has 0 radical (unpaired) electrons. The van der Waals surface area contributed by atoms with E-state index in [1.54, 1.807) is 12.0 Å².